The number of rotatable bonds is 3. The summed E-state index contributed by atoms with van der Waals surface area (Å²) in [7, 11) is 0. The zero-order valence-electron chi connectivity index (χ0n) is 12.2. The van der Waals surface area contributed by atoms with Gasteiger partial charge < -0.3 is 5.11 Å². The highest BCUT2D eigenvalue weighted by Gasteiger charge is 2.37. The van der Waals surface area contributed by atoms with E-state index in [0.717, 1.165) is 36.8 Å². The Morgan fingerprint density at radius 3 is 3.09 bits per heavy atom. The molecule has 1 aliphatic rings. The minimum atomic E-state index is -0.913. The third kappa shape index (κ3) is 2.38. The average molecular weight is 298 g/mol. The van der Waals surface area contributed by atoms with Crippen LogP contribution >= 0.6 is 0 Å². The van der Waals surface area contributed by atoms with Crippen molar-refractivity contribution in [2.45, 2.75) is 25.0 Å². The Labute approximate surface area is 127 Å². The van der Waals surface area contributed by atoms with E-state index < -0.39 is 5.60 Å². The number of fused-ring (bicyclic) bond motifs is 1. The van der Waals surface area contributed by atoms with Gasteiger partial charge in [0.15, 0.2) is 0 Å². The van der Waals surface area contributed by atoms with Gasteiger partial charge in [-0.2, -0.15) is 20.5 Å². The smallest absolute Gasteiger partial charge is 0.123 e. The number of nitrogens with zero attached hydrogens (tertiary/aromatic N) is 4. The number of hydrogen-bond donors (Lipinski definition) is 3. The minimum Gasteiger partial charge on any atom is -0.382 e. The molecule has 0 spiro atoms. The highest BCUT2D eigenvalue weighted by Crippen LogP contribution is 2.30. The van der Waals surface area contributed by atoms with E-state index in [-0.39, 0.29) is 0 Å². The molecule has 7 heteroatoms. The number of aliphatic hydroxyl groups is 1. The standard InChI is InChI=1S/C15H18N6O/c22-15(14-8-17-20-19-14)4-1-5-21(10-15)9-11-2-3-12-7-16-18-13(12)6-11/h2-3,6-8,22H,1,4-5,9-10H2,(H,16,18)(H,17,19,20). The molecule has 1 saturated heterocycles. The van der Waals surface area contributed by atoms with E-state index in [1.165, 1.54) is 5.56 Å². The van der Waals surface area contributed by atoms with Crippen LogP contribution in [0, 0.1) is 0 Å². The van der Waals surface area contributed by atoms with E-state index >= 15 is 0 Å². The SMILES string of the molecule is OC1(c2cn[nH]n2)CCCN(Cc2ccc3cn[nH]c3c2)C1. The number of H-pyrrole nitrogens is 2. The molecule has 0 radical (unpaired) electrons. The predicted octanol–water partition coefficient (Wildman–Crippen LogP) is 1.16. The topological polar surface area (TPSA) is 93.7 Å². The quantitative estimate of drug-likeness (QED) is 0.675. The molecule has 7 nitrogen and oxygen atoms in total. The van der Waals surface area contributed by atoms with Crippen molar-refractivity contribution in [3.05, 3.63) is 41.9 Å². The molecule has 1 aliphatic heterocycles. The average Bonchev–Trinajstić information content (AvgIpc) is 3.19. The summed E-state index contributed by atoms with van der Waals surface area (Å²) in [5, 5.41) is 29.5. The van der Waals surface area contributed by atoms with Gasteiger partial charge in [0, 0.05) is 18.5 Å². The fraction of sp³-hybridized carbons (Fsp3) is 0.400. The Hall–Kier alpha value is -2.25. The van der Waals surface area contributed by atoms with Gasteiger partial charge in [0.2, 0.25) is 0 Å². The molecule has 0 amide bonds. The Balaban J connectivity index is 1.52. The van der Waals surface area contributed by atoms with Gasteiger partial charge in [0.25, 0.3) is 0 Å². The first-order valence-electron chi connectivity index (χ1n) is 7.46. The summed E-state index contributed by atoms with van der Waals surface area (Å²) in [5.41, 5.74) is 1.97. The lowest BCUT2D eigenvalue weighted by Gasteiger charge is -2.38. The van der Waals surface area contributed by atoms with Crippen LogP contribution in [0.25, 0.3) is 10.9 Å². The van der Waals surface area contributed by atoms with Crippen molar-refractivity contribution in [3.63, 3.8) is 0 Å². The maximum Gasteiger partial charge on any atom is 0.123 e. The molecule has 0 bridgehead atoms. The van der Waals surface area contributed by atoms with Gasteiger partial charge in [0.05, 0.1) is 17.9 Å². The molecule has 1 aromatic carbocycles. The summed E-state index contributed by atoms with van der Waals surface area (Å²) >= 11 is 0. The fourth-order valence-corrected chi connectivity index (χ4v) is 3.23. The molecule has 1 fully saturated rings. The lowest BCUT2D eigenvalue weighted by atomic mass is 9.90. The van der Waals surface area contributed by atoms with Crippen molar-refractivity contribution in [3.8, 4) is 0 Å². The van der Waals surface area contributed by atoms with Gasteiger partial charge in [-0.3, -0.25) is 10.00 Å². The van der Waals surface area contributed by atoms with Crippen LogP contribution in [0.4, 0.5) is 0 Å². The van der Waals surface area contributed by atoms with E-state index in [1.807, 2.05) is 6.20 Å². The molecular formula is C15H18N6O. The van der Waals surface area contributed by atoms with Crippen molar-refractivity contribution in [1.82, 2.24) is 30.5 Å². The monoisotopic (exact) mass is 298 g/mol. The van der Waals surface area contributed by atoms with Crippen LogP contribution in [-0.4, -0.2) is 48.7 Å². The maximum atomic E-state index is 10.8. The second kappa shape index (κ2) is 5.19. The van der Waals surface area contributed by atoms with Crippen LogP contribution in [0.3, 0.4) is 0 Å². The number of hydrogen-bond acceptors (Lipinski definition) is 5. The Morgan fingerprint density at radius 2 is 2.23 bits per heavy atom. The highest BCUT2D eigenvalue weighted by atomic mass is 16.3. The largest absolute Gasteiger partial charge is 0.382 e. The van der Waals surface area contributed by atoms with Crippen molar-refractivity contribution < 1.29 is 5.11 Å². The Bertz CT molecular complexity index is 767. The Morgan fingerprint density at radius 1 is 1.27 bits per heavy atom. The zero-order valence-corrected chi connectivity index (χ0v) is 12.2. The number of aromatic nitrogens is 5. The molecule has 3 N–H and O–H groups in total. The number of aromatic amines is 2. The van der Waals surface area contributed by atoms with Gasteiger partial charge in [-0.25, -0.2) is 0 Å². The molecule has 22 heavy (non-hydrogen) atoms. The normalized spacial score (nSPS) is 23.1. The minimum absolute atomic E-state index is 0.570. The predicted molar refractivity (Wildman–Crippen MR) is 80.9 cm³/mol. The summed E-state index contributed by atoms with van der Waals surface area (Å²) in [4.78, 5) is 2.26. The number of nitrogens with one attached hydrogen (secondary N) is 2. The first-order valence-corrected chi connectivity index (χ1v) is 7.46. The first-order chi connectivity index (χ1) is 10.7. The van der Waals surface area contributed by atoms with E-state index in [2.05, 4.69) is 48.7 Å². The number of likely N-dealkylation sites (tertiary alicyclic amines) is 1. The van der Waals surface area contributed by atoms with E-state index in [9.17, 15) is 5.11 Å². The van der Waals surface area contributed by atoms with Gasteiger partial charge in [0.1, 0.15) is 11.3 Å². The lowest BCUT2D eigenvalue weighted by Crippen LogP contribution is -2.45. The summed E-state index contributed by atoms with van der Waals surface area (Å²) < 4.78 is 0. The third-order valence-corrected chi connectivity index (χ3v) is 4.35. The first kappa shape index (κ1) is 13.4. The van der Waals surface area contributed by atoms with Crippen molar-refractivity contribution in [1.29, 1.82) is 0 Å². The molecule has 2 aromatic heterocycles. The fourth-order valence-electron chi connectivity index (χ4n) is 3.23. The van der Waals surface area contributed by atoms with E-state index in [4.69, 9.17) is 0 Å². The van der Waals surface area contributed by atoms with Crippen LogP contribution in [0.1, 0.15) is 24.1 Å². The molecule has 1 atom stereocenters. The maximum absolute atomic E-state index is 10.8. The van der Waals surface area contributed by atoms with Crippen LogP contribution in [-0.2, 0) is 12.1 Å². The molecule has 4 rings (SSSR count). The summed E-state index contributed by atoms with van der Waals surface area (Å²) in [6, 6.07) is 6.30. The molecule has 114 valence electrons. The second-order valence-electron chi connectivity index (χ2n) is 5.99. The molecule has 0 aliphatic carbocycles. The lowest BCUT2D eigenvalue weighted by molar-refractivity contribution is -0.0414. The van der Waals surface area contributed by atoms with Crippen LogP contribution in [0.5, 0.6) is 0 Å². The molecule has 0 saturated carbocycles. The van der Waals surface area contributed by atoms with Crippen molar-refractivity contribution >= 4 is 10.9 Å². The number of benzene rings is 1. The Kier molecular flexibility index (Phi) is 3.16. The summed E-state index contributed by atoms with van der Waals surface area (Å²) in [5.74, 6) is 0. The van der Waals surface area contributed by atoms with Gasteiger partial charge in [-0.15, -0.1) is 0 Å². The number of β-amino-alcohol motifs (C(OH)–C–C–N with tert-alkyl or cyclic N) is 1. The van der Waals surface area contributed by atoms with Crippen molar-refractivity contribution in [2.75, 3.05) is 13.1 Å². The van der Waals surface area contributed by atoms with Gasteiger partial charge >= 0.3 is 0 Å². The van der Waals surface area contributed by atoms with Gasteiger partial charge in [-0.1, -0.05) is 12.1 Å². The highest BCUT2D eigenvalue weighted by molar-refractivity contribution is 5.78. The molecule has 3 aromatic rings. The van der Waals surface area contributed by atoms with Crippen LogP contribution in [0.2, 0.25) is 0 Å². The third-order valence-electron chi connectivity index (χ3n) is 4.35. The van der Waals surface area contributed by atoms with E-state index in [1.54, 1.807) is 6.20 Å². The number of piperidine rings is 1. The summed E-state index contributed by atoms with van der Waals surface area (Å²) in [6.07, 6.45) is 5.09. The molecule has 1 unspecified atom stereocenters. The van der Waals surface area contributed by atoms with E-state index in [0.29, 0.717) is 12.2 Å². The van der Waals surface area contributed by atoms with Crippen molar-refractivity contribution in [2.24, 2.45) is 0 Å². The second-order valence-corrected chi connectivity index (χ2v) is 5.99. The molecular weight excluding hydrogens is 280 g/mol. The summed E-state index contributed by atoms with van der Waals surface area (Å²) in [6.45, 7) is 2.34. The van der Waals surface area contributed by atoms with Gasteiger partial charge in [-0.05, 0) is 31.0 Å². The van der Waals surface area contributed by atoms with Crippen LogP contribution < -0.4 is 0 Å². The zero-order chi connectivity index (χ0) is 15.0. The molecule has 3 heterocycles. The van der Waals surface area contributed by atoms with Crippen LogP contribution in [0.15, 0.2) is 30.6 Å².